The quantitative estimate of drug-likeness (QED) is 0.928. The van der Waals surface area contributed by atoms with E-state index in [2.05, 4.69) is 26.2 Å². The Kier molecular flexibility index (Phi) is 2.93. The van der Waals surface area contributed by atoms with Crippen molar-refractivity contribution in [3.8, 4) is 0 Å². The Hall–Kier alpha value is -1.07. The Bertz CT molecular complexity index is 409. The monoisotopic (exact) mass is 269 g/mol. The van der Waals surface area contributed by atoms with Gasteiger partial charge in [0.05, 0.1) is 12.3 Å². The van der Waals surface area contributed by atoms with Crippen LogP contribution in [0.4, 0.5) is 0 Å². The lowest BCUT2D eigenvalue weighted by Gasteiger charge is -2.14. The Morgan fingerprint density at radius 2 is 2.40 bits per heavy atom. The van der Waals surface area contributed by atoms with E-state index >= 15 is 0 Å². The van der Waals surface area contributed by atoms with Crippen molar-refractivity contribution in [2.75, 3.05) is 7.05 Å². The minimum Gasteiger partial charge on any atom is -0.457 e. The fraction of sp³-hybridized carbons (Fsp3) is 0.300. The van der Waals surface area contributed by atoms with Gasteiger partial charge in [0.1, 0.15) is 5.82 Å². The number of hydrogen-bond donors (Lipinski definition) is 1. The molecular formula is C10H12BrN3O. The van der Waals surface area contributed by atoms with Gasteiger partial charge in [0.25, 0.3) is 0 Å². The molecule has 0 spiro atoms. The molecule has 0 aliphatic carbocycles. The second-order valence-corrected chi connectivity index (χ2v) is 3.99. The van der Waals surface area contributed by atoms with E-state index in [1.165, 1.54) is 0 Å². The fourth-order valence-electron chi connectivity index (χ4n) is 1.59. The van der Waals surface area contributed by atoms with Crippen molar-refractivity contribution in [1.29, 1.82) is 0 Å². The summed E-state index contributed by atoms with van der Waals surface area (Å²) in [7, 11) is 3.87. The summed E-state index contributed by atoms with van der Waals surface area (Å²) in [5.74, 6) is 0.958. The zero-order chi connectivity index (χ0) is 10.8. The van der Waals surface area contributed by atoms with E-state index in [9.17, 15) is 0 Å². The summed E-state index contributed by atoms with van der Waals surface area (Å²) in [6.07, 6.45) is 5.37. The van der Waals surface area contributed by atoms with Crippen molar-refractivity contribution < 1.29 is 4.42 Å². The normalized spacial score (nSPS) is 13.0. The highest BCUT2D eigenvalue weighted by Crippen LogP contribution is 2.28. The van der Waals surface area contributed by atoms with Crippen LogP contribution in [0.15, 0.2) is 33.8 Å². The van der Waals surface area contributed by atoms with Crippen LogP contribution >= 0.6 is 15.9 Å². The first-order valence-electron chi connectivity index (χ1n) is 4.61. The van der Waals surface area contributed by atoms with Gasteiger partial charge in [0.15, 0.2) is 4.67 Å². The highest BCUT2D eigenvalue weighted by Gasteiger charge is 2.20. The van der Waals surface area contributed by atoms with Crippen molar-refractivity contribution in [3.63, 3.8) is 0 Å². The number of nitrogens with zero attached hydrogens (tertiary/aromatic N) is 2. The summed E-state index contributed by atoms with van der Waals surface area (Å²) in [5.41, 5.74) is 1.05. The van der Waals surface area contributed by atoms with Gasteiger partial charge < -0.3 is 14.3 Å². The average molecular weight is 270 g/mol. The van der Waals surface area contributed by atoms with Gasteiger partial charge in [0.2, 0.25) is 0 Å². The molecule has 1 atom stereocenters. The molecule has 0 saturated carbocycles. The molecule has 0 bridgehead atoms. The fourth-order valence-corrected chi connectivity index (χ4v) is 2.06. The molecule has 15 heavy (non-hydrogen) atoms. The minimum absolute atomic E-state index is 0.0399. The first-order chi connectivity index (χ1) is 7.24. The van der Waals surface area contributed by atoms with E-state index in [1.807, 2.05) is 30.9 Å². The van der Waals surface area contributed by atoms with Crippen LogP contribution < -0.4 is 5.32 Å². The van der Waals surface area contributed by atoms with E-state index in [0.717, 1.165) is 16.1 Å². The molecule has 1 unspecified atom stereocenters. The molecule has 5 heteroatoms. The van der Waals surface area contributed by atoms with Crippen molar-refractivity contribution in [1.82, 2.24) is 14.9 Å². The minimum atomic E-state index is 0.0399. The lowest BCUT2D eigenvalue weighted by Crippen LogP contribution is -2.21. The number of hydrogen-bond acceptors (Lipinski definition) is 3. The second kappa shape index (κ2) is 4.20. The lowest BCUT2D eigenvalue weighted by molar-refractivity contribution is 0.525. The van der Waals surface area contributed by atoms with Crippen molar-refractivity contribution in [2.24, 2.45) is 7.05 Å². The third-order valence-electron chi connectivity index (χ3n) is 2.36. The maximum Gasteiger partial charge on any atom is 0.174 e. The molecule has 0 aliphatic rings. The van der Waals surface area contributed by atoms with Gasteiger partial charge in [-0.05, 0) is 29.0 Å². The number of imidazole rings is 1. The zero-order valence-electron chi connectivity index (χ0n) is 8.57. The largest absolute Gasteiger partial charge is 0.457 e. The van der Waals surface area contributed by atoms with E-state index in [-0.39, 0.29) is 6.04 Å². The lowest BCUT2D eigenvalue weighted by atomic mass is 10.1. The standard InChI is InChI=1S/C10H12BrN3O/c1-12-8(7-3-6-15-9(7)11)10-13-4-5-14(10)2/h3-6,8,12H,1-2H3. The molecular weight excluding hydrogens is 258 g/mol. The van der Waals surface area contributed by atoms with E-state index < -0.39 is 0 Å². The van der Waals surface area contributed by atoms with Crippen molar-refractivity contribution in [3.05, 3.63) is 40.8 Å². The van der Waals surface area contributed by atoms with Crippen molar-refractivity contribution >= 4 is 15.9 Å². The number of aromatic nitrogens is 2. The predicted molar refractivity (Wildman–Crippen MR) is 60.5 cm³/mol. The third-order valence-corrected chi connectivity index (χ3v) is 3.01. The first-order valence-corrected chi connectivity index (χ1v) is 5.40. The molecule has 4 nitrogen and oxygen atoms in total. The molecule has 0 saturated heterocycles. The van der Waals surface area contributed by atoms with Crippen LogP contribution in [0, 0.1) is 0 Å². The summed E-state index contributed by atoms with van der Waals surface area (Å²) in [4.78, 5) is 4.32. The molecule has 2 heterocycles. The molecule has 1 N–H and O–H groups in total. The average Bonchev–Trinajstić information content (AvgIpc) is 2.80. The van der Waals surface area contributed by atoms with Crippen LogP contribution in [0.5, 0.6) is 0 Å². The summed E-state index contributed by atoms with van der Waals surface area (Å²) in [6, 6.07) is 1.97. The maximum atomic E-state index is 5.22. The van der Waals surface area contributed by atoms with Gasteiger partial charge in [-0.1, -0.05) is 0 Å². The highest BCUT2D eigenvalue weighted by molar-refractivity contribution is 9.10. The Labute approximate surface area is 96.4 Å². The molecule has 0 aliphatic heterocycles. The summed E-state index contributed by atoms with van der Waals surface area (Å²) in [6.45, 7) is 0. The van der Waals surface area contributed by atoms with Crippen LogP contribution in [-0.2, 0) is 7.05 Å². The van der Waals surface area contributed by atoms with Gasteiger partial charge in [0, 0.05) is 25.0 Å². The topological polar surface area (TPSA) is 43.0 Å². The molecule has 0 aromatic carbocycles. The van der Waals surface area contributed by atoms with Crippen LogP contribution in [-0.4, -0.2) is 16.6 Å². The SMILES string of the molecule is CNC(c1ccoc1Br)c1nccn1C. The number of nitrogens with one attached hydrogen (secondary N) is 1. The summed E-state index contributed by atoms with van der Waals surface area (Å²) in [5, 5.41) is 3.22. The van der Waals surface area contributed by atoms with Gasteiger partial charge in [-0.25, -0.2) is 4.98 Å². The molecule has 80 valence electrons. The maximum absolute atomic E-state index is 5.22. The first kappa shape index (κ1) is 10.4. The molecule has 0 amide bonds. The van der Waals surface area contributed by atoms with Crippen LogP contribution in [0.2, 0.25) is 0 Å². The van der Waals surface area contributed by atoms with Gasteiger partial charge in [-0.15, -0.1) is 0 Å². The third kappa shape index (κ3) is 1.85. The Balaban J connectivity index is 2.41. The smallest absolute Gasteiger partial charge is 0.174 e. The highest BCUT2D eigenvalue weighted by atomic mass is 79.9. The number of aryl methyl sites for hydroxylation is 1. The van der Waals surface area contributed by atoms with Gasteiger partial charge in [-0.3, -0.25) is 0 Å². The van der Waals surface area contributed by atoms with E-state index in [0.29, 0.717) is 0 Å². The second-order valence-electron chi connectivity index (χ2n) is 3.27. The number of halogens is 1. The molecule has 0 radical (unpaired) electrons. The Morgan fingerprint density at radius 3 is 2.87 bits per heavy atom. The number of rotatable bonds is 3. The molecule has 0 fully saturated rings. The van der Waals surface area contributed by atoms with Crippen LogP contribution in [0.3, 0.4) is 0 Å². The molecule has 2 rings (SSSR count). The Morgan fingerprint density at radius 1 is 1.60 bits per heavy atom. The summed E-state index contributed by atoms with van der Waals surface area (Å²) < 4.78 is 7.95. The summed E-state index contributed by atoms with van der Waals surface area (Å²) >= 11 is 3.37. The van der Waals surface area contributed by atoms with Gasteiger partial charge >= 0.3 is 0 Å². The van der Waals surface area contributed by atoms with Crippen molar-refractivity contribution in [2.45, 2.75) is 6.04 Å². The van der Waals surface area contributed by atoms with Gasteiger partial charge in [-0.2, -0.15) is 0 Å². The zero-order valence-corrected chi connectivity index (χ0v) is 10.2. The molecule has 2 aromatic rings. The van der Waals surface area contributed by atoms with Crippen LogP contribution in [0.25, 0.3) is 0 Å². The number of furan rings is 1. The van der Waals surface area contributed by atoms with Crippen LogP contribution in [0.1, 0.15) is 17.4 Å². The van der Waals surface area contributed by atoms with E-state index in [1.54, 1.807) is 12.5 Å². The van der Waals surface area contributed by atoms with E-state index in [4.69, 9.17) is 4.42 Å². The predicted octanol–water partition coefficient (Wildman–Crippen LogP) is 2.08. The molecule has 2 aromatic heterocycles.